The monoisotopic (exact) mass is 322 g/mol. The van der Waals surface area contributed by atoms with Gasteiger partial charge in [-0.15, -0.1) is 0 Å². The Labute approximate surface area is 131 Å². The number of esters is 3. The van der Waals surface area contributed by atoms with Gasteiger partial charge < -0.3 is 14.2 Å². The average Bonchev–Trinajstić information content (AvgIpc) is 2.87. The number of rotatable bonds is 5. The molecule has 1 aromatic carbocycles. The number of carbonyl (C=O) groups excluding carboxylic acids is 3. The molecule has 0 aliphatic carbocycles. The van der Waals surface area contributed by atoms with Crippen LogP contribution in [0.1, 0.15) is 5.56 Å². The minimum atomic E-state index is -2.19. The fourth-order valence-electron chi connectivity index (χ4n) is 2.28. The van der Waals surface area contributed by atoms with Crippen molar-refractivity contribution >= 4 is 17.9 Å². The molecule has 0 fully saturated rings. The number of cyclic esters (lactones) is 1. The summed E-state index contributed by atoms with van der Waals surface area (Å²) >= 11 is 0. The summed E-state index contributed by atoms with van der Waals surface area (Å²) in [7, 11) is 2.09. The topological polar surface area (TPSA) is 108 Å². The molecule has 1 atom stereocenters. The summed E-state index contributed by atoms with van der Waals surface area (Å²) < 4.78 is 14.0. The Hall–Kier alpha value is -2.71. The van der Waals surface area contributed by atoms with Gasteiger partial charge in [0.15, 0.2) is 5.57 Å². The van der Waals surface area contributed by atoms with Crippen molar-refractivity contribution in [3.05, 3.63) is 47.0 Å². The zero-order chi connectivity index (χ0) is 17.0. The van der Waals surface area contributed by atoms with E-state index in [9.17, 15) is 19.6 Å². The van der Waals surface area contributed by atoms with Crippen molar-refractivity contribution < 1.29 is 38.7 Å². The van der Waals surface area contributed by atoms with E-state index < -0.39 is 34.8 Å². The fourth-order valence-corrected chi connectivity index (χ4v) is 2.28. The van der Waals surface area contributed by atoms with Gasteiger partial charge in [-0.05, 0) is 5.56 Å². The smallest absolute Gasteiger partial charge is 0.349 e. The highest BCUT2D eigenvalue weighted by Crippen LogP contribution is 2.37. The summed E-state index contributed by atoms with van der Waals surface area (Å²) in [5.41, 5.74) is -0.644. The van der Waals surface area contributed by atoms with E-state index in [0.29, 0.717) is 5.56 Å². The molecular weight excluding hydrogens is 308 g/mol. The molecule has 0 aromatic heterocycles. The Bertz CT molecular complexity index is 663. The van der Waals surface area contributed by atoms with Crippen molar-refractivity contribution in [2.45, 2.75) is 12.2 Å². The summed E-state index contributed by atoms with van der Waals surface area (Å²) in [6.45, 7) is 0. The third-order valence-corrected chi connectivity index (χ3v) is 3.30. The molecule has 8 heteroatoms. The molecule has 1 aliphatic heterocycles. The quantitative estimate of drug-likeness (QED) is 0.276. The van der Waals surface area contributed by atoms with E-state index in [0.717, 1.165) is 14.2 Å². The lowest BCUT2D eigenvalue weighted by molar-refractivity contribution is -0.372. The van der Waals surface area contributed by atoms with Crippen molar-refractivity contribution in [2.24, 2.45) is 0 Å². The second-order valence-corrected chi connectivity index (χ2v) is 4.63. The highest BCUT2D eigenvalue weighted by Gasteiger charge is 2.56. The van der Waals surface area contributed by atoms with E-state index in [4.69, 9.17) is 4.74 Å². The van der Waals surface area contributed by atoms with Crippen molar-refractivity contribution in [1.29, 1.82) is 0 Å². The fraction of sp³-hybridized carbons (Fsp3) is 0.267. The van der Waals surface area contributed by atoms with E-state index in [1.807, 2.05) is 0 Å². The van der Waals surface area contributed by atoms with Crippen molar-refractivity contribution in [3.63, 3.8) is 0 Å². The Morgan fingerprint density at radius 1 is 1.13 bits per heavy atom. The number of benzene rings is 1. The van der Waals surface area contributed by atoms with Crippen LogP contribution in [0, 0.1) is 0 Å². The van der Waals surface area contributed by atoms with Gasteiger partial charge in [-0.1, -0.05) is 30.3 Å². The normalized spacial score (nSPS) is 20.2. The number of hydrogen-bond acceptors (Lipinski definition) is 8. The molecule has 0 spiro atoms. The van der Waals surface area contributed by atoms with E-state index >= 15 is 0 Å². The van der Waals surface area contributed by atoms with Gasteiger partial charge in [0.2, 0.25) is 0 Å². The minimum Gasteiger partial charge on any atom is -0.465 e. The molecule has 2 rings (SSSR count). The van der Waals surface area contributed by atoms with Crippen LogP contribution < -0.4 is 0 Å². The van der Waals surface area contributed by atoms with E-state index in [1.165, 1.54) is 0 Å². The third kappa shape index (κ3) is 2.94. The molecule has 23 heavy (non-hydrogen) atoms. The molecule has 0 amide bonds. The largest absolute Gasteiger partial charge is 0.465 e. The molecular formula is C15H14O8. The molecule has 122 valence electrons. The SMILES string of the molecule is COC(=O)C1=C(C(=O)OC)[C@](Cc2ccccc2)(OO)OC1=O. The van der Waals surface area contributed by atoms with Crippen molar-refractivity contribution in [3.8, 4) is 0 Å². The zero-order valence-corrected chi connectivity index (χ0v) is 12.4. The van der Waals surface area contributed by atoms with Gasteiger partial charge in [0.05, 0.1) is 14.2 Å². The van der Waals surface area contributed by atoms with Crippen LogP contribution in [0.5, 0.6) is 0 Å². The van der Waals surface area contributed by atoms with Gasteiger partial charge in [-0.25, -0.2) is 19.6 Å². The Kier molecular flexibility index (Phi) is 4.77. The van der Waals surface area contributed by atoms with E-state index in [2.05, 4.69) is 14.4 Å². The third-order valence-electron chi connectivity index (χ3n) is 3.30. The van der Waals surface area contributed by atoms with Gasteiger partial charge in [-0.3, -0.25) is 0 Å². The van der Waals surface area contributed by atoms with Crippen LogP contribution in [-0.2, 0) is 39.9 Å². The predicted octanol–water partition coefficient (Wildman–Crippen LogP) is 0.614. The molecule has 0 unspecified atom stereocenters. The van der Waals surface area contributed by atoms with E-state index in [-0.39, 0.29) is 6.42 Å². The van der Waals surface area contributed by atoms with Crippen LogP contribution in [0.15, 0.2) is 41.5 Å². The lowest BCUT2D eigenvalue weighted by Gasteiger charge is -2.25. The number of methoxy groups -OCH3 is 2. The summed E-state index contributed by atoms with van der Waals surface area (Å²) in [5.74, 6) is -5.49. The predicted molar refractivity (Wildman–Crippen MR) is 73.7 cm³/mol. The van der Waals surface area contributed by atoms with Gasteiger partial charge in [0.25, 0.3) is 5.79 Å². The van der Waals surface area contributed by atoms with Crippen molar-refractivity contribution in [1.82, 2.24) is 0 Å². The summed E-state index contributed by atoms with van der Waals surface area (Å²) in [6.07, 6.45) is -0.207. The molecule has 1 aromatic rings. The maximum Gasteiger partial charge on any atom is 0.349 e. The molecule has 0 radical (unpaired) electrons. The summed E-state index contributed by atoms with van der Waals surface area (Å²) in [5, 5.41) is 9.31. The lowest BCUT2D eigenvalue weighted by Crippen LogP contribution is -2.40. The standard InChI is InChI=1S/C15H14O8/c1-20-12(16)10-11(14(18)21-2)15(23-19,22-13(10)17)8-9-6-4-3-5-7-9/h3-7,19H,8H2,1-2H3/t15-/m0/s1. The second kappa shape index (κ2) is 6.59. The molecule has 0 saturated heterocycles. The molecule has 1 aliphatic rings. The van der Waals surface area contributed by atoms with Gasteiger partial charge in [0, 0.05) is 6.42 Å². The molecule has 1 N–H and O–H groups in total. The second-order valence-electron chi connectivity index (χ2n) is 4.63. The first-order chi connectivity index (χ1) is 11.0. The maximum atomic E-state index is 12.0. The Morgan fingerprint density at radius 3 is 2.26 bits per heavy atom. The Balaban J connectivity index is 2.57. The molecule has 0 saturated carbocycles. The Morgan fingerprint density at radius 2 is 1.74 bits per heavy atom. The summed E-state index contributed by atoms with van der Waals surface area (Å²) in [4.78, 5) is 40.1. The van der Waals surface area contributed by atoms with Crippen LogP contribution >= 0.6 is 0 Å². The maximum absolute atomic E-state index is 12.0. The van der Waals surface area contributed by atoms with Crippen LogP contribution in [0.25, 0.3) is 0 Å². The molecule has 8 nitrogen and oxygen atoms in total. The number of ether oxygens (including phenoxy) is 3. The van der Waals surface area contributed by atoms with Crippen molar-refractivity contribution in [2.75, 3.05) is 14.2 Å². The minimum absolute atomic E-state index is 0.207. The van der Waals surface area contributed by atoms with Crippen LogP contribution in [0.2, 0.25) is 0 Å². The summed E-state index contributed by atoms with van der Waals surface area (Å²) in [6, 6.07) is 8.51. The average molecular weight is 322 g/mol. The first-order valence-corrected chi connectivity index (χ1v) is 6.50. The van der Waals surface area contributed by atoms with Gasteiger partial charge >= 0.3 is 17.9 Å². The first kappa shape index (κ1) is 16.7. The first-order valence-electron chi connectivity index (χ1n) is 6.50. The van der Waals surface area contributed by atoms with Gasteiger partial charge in [0.1, 0.15) is 5.57 Å². The van der Waals surface area contributed by atoms with Crippen LogP contribution in [0.3, 0.4) is 0 Å². The number of hydrogen-bond donors (Lipinski definition) is 1. The number of carbonyl (C=O) groups is 3. The van der Waals surface area contributed by atoms with Crippen LogP contribution in [0.4, 0.5) is 0 Å². The molecule has 0 bridgehead atoms. The van der Waals surface area contributed by atoms with Crippen LogP contribution in [-0.4, -0.2) is 43.2 Å². The zero-order valence-electron chi connectivity index (χ0n) is 12.4. The van der Waals surface area contributed by atoms with E-state index in [1.54, 1.807) is 30.3 Å². The highest BCUT2D eigenvalue weighted by atomic mass is 17.1. The lowest BCUT2D eigenvalue weighted by atomic mass is 9.95. The molecule has 1 heterocycles. The highest BCUT2D eigenvalue weighted by molar-refractivity contribution is 6.21. The van der Waals surface area contributed by atoms with Gasteiger partial charge in [-0.2, -0.15) is 4.89 Å².